The van der Waals surface area contributed by atoms with Gasteiger partial charge in [0, 0.05) is 42.7 Å². The van der Waals surface area contributed by atoms with Gasteiger partial charge in [0.15, 0.2) is 5.79 Å². The highest BCUT2D eigenvalue weighted by atomic mass is 35.5. The van der Waals surface area contributed by atoms with Crippen LogP contribution < -0.4 is 22.1 Å². The maximum atomic E-state index is 13.0. The van der Waals surface area contributed by atoms with Crippen molar-refractivity contribution in [3.8, 4) is 0 Å². The molecule has 13 heteroatoms. The smallest absolute Gasteiger partial charge is 0.404 e. The Balaban J connectivity index is 1.75. The van der Waals surface area contributed by atoms with Crippen molar-refractivity contribution in [3.63, 3.8) is 0 Å². The third-order valence-corrected chi connectivity index (χ3v) is 5.31. The van der Waals surface area contributed by atoms with E-state index >= 15 is 0 Å². The lowest BCUT2D eigenvalue weighted by atomic mass is 9.98. The number of carbonyl (C=O) groups excluding carboxylic acids is 1. The Kier molecular flexibility index (Phi) is 8.54. The summed E-state index contributed by atoms with van der Waals surface area (Å²) in [6, 6.07) is 4.90. The number of anilines is 2. The minimum atomic E-state index is -4.50. The number of ether oxygens (including phenoxy) is 2. The molecule has 0 unspecified atom stereocenters. The van der Waals surface area contributed by atoms with E-state index in [9.17, 15) is 18.0 Å². The summed E-state index contributed by atoms with van der Waals surface area (Å²) in [5, 5.41) is 5.45. The van der Waals surface area contributed by atoms with Crippen LogP contribution in [0.1, 0.15) is 28.8 Å². The molecule has 1 amide bonds. The number of halogens is 4. The van der Waals surface area contributed by atoms with Gasteiger partial charge in [0.05, 0.1) is 30.0 Å². The van der Waals surface area contributed by atoms with Gasteiger partial charge in [-0.1, -0.05) is 0 Å². The quantitative estimate of drug-likeness (QED) is 0.296. The van der Waals surface area contributed by atoms with Gasteiger partial charge >= 0.3 is 6.18 Å². The predicted octanol–water partition coefficient (Wildman–Crippen LogP) is 3.37. The van der Waals surface area contributed by atoms with Gasteiger partial charge in [-0.15, -0.1) is 11.6 Å². The summed E-state index contributed by atoms with van der Waals surface area (Å²) in [4.78, 5) is 20.8. The highest BCUT2D eigenvalue weighted by molar-refractivity contribution is 6.17. The molecule has 188 valence electrons. The fourth-order valence-corrected chi connectivity index (χ4v) is 3.54. The second-order valence-corrected chi connectivity index (χ2v) is 7.72. The van der Waals surface area contributed by atoms with Gasteiger partial charge in [-0.3, -0.25) is 4.79 Å². The van der Waals surface area contributed by atoms with Crippen LogP contribution in [0.2, 0.25) is 0 Å². The Morgan fingerprint density at radius 3 is 2.46 bits per heavy atom. The van der Waals surface area contributed by atoms with E-state index in [1.54, 1.807) is 0 Å². The number of rotatable bonds is 9. The molecule has 1 aliphatic heterocycles. The highest BCUT2D eigenvalue weighted by Crippen LogP contribution is 2.35. The number of nitrogens with two attached hydrogens (primary N) is 2. The molecule has 3 rings (SSSR count). The van der Waals surface area contributed by atoms with Crippen LogP contribution in [-0.4, -0.2) is 40.8 Å². The molecule has 0 spiro atoms. The first-order valence-electron chi connectivity index (χ1n) is 10.5. The van der Waals surface area contributed by atoms with E-state index in [1.807, 2.05) is 0 Å². The molecule has 9 nitrogen and oxygen atoms in total. The molecule has 0 saturated carbocycles. The van der Waals surface area contributed by atoms with E-state index in [0.717, 1.165) is 12.1 Å². The molecule has 35 heavy (non-hydrogen) atoms. The molecule has 6 N–H and O–H groups in total. The summed E-state index contributed by atoms with van der Waals surface area (Å²) in [5.41, 5.74) is 11.5. The molecule has 1 saturated heterocycles. The molecule has 0 bridgehead atoms. The zero-order valence-electron chi connectivity index (χ0n) is 18.4. The number of nitrogens with one attached hydrogen (secondary N) is 2. The number of hydrogen-bond acceptors (Lipinski definition) is 8. The molecule has 3 heterocycles. The van der Waals surface area contributed by atoms with E-state index in [0.29, 0.717) is 43.7 Å². The zero-order chi connectivity index (χ0) is 25.5. The molecule has 0 aromatic carbocycles. The SMILES string of the molecule is N/C=C(NC(=O)c1ccnc(Nc2ccc(C(F)(F)F)cn2)c1)\C(=C/N)C1(CCCCl)OCCO1. The maximum Gasteiger partial charge on any atom is 0.417 e. The molecule has 2 aromatic rings. The number of pyridine rings is 2. The van der Waals surface area contributed by atoms with Crippen molar-refractivity contribution >= 4 is 29.1 Å². The summed E-state index contributed by atoms with van der Waals surface area (Å²) in [5.74, 6) is -1.05. The van der Waals surface area contributed by atoms with E-state index in [1.165, 1.54) is 30.7 Å². The first kappa shape index (κ1) is 26.3. The molecular formula is C22H24ClF3N6O3. The Labute approximate surface area is 204 Å². The van der Waals surface area contributed by atoms with Gasteiger partial charge in [0.1, 0.15) is 11.6 Å². The first-order chi connectivity index (χ1) is 16.7. The summed E-state index contributed by atoms with van der Waals surface area (Å²) in [6.45, 7) is 0.672. The minimum Gasteiger partial charge on any atom is -0.404 e. The van der Waals surface area contributed by atoms with Crippen LogP contribution in [0, 0.1) is 0 Å². The zero-order valence-corrected chi connectivity index (χ0v) is 19.2. The van der Waals surface area contributed by atoms with Crippen LogP contribution in [0.5, 0.6) is 0 Å². The topological polar surface area (TPSA) is 137 Å². The van der Waals surface area contributed by atoms with Crippen LogP contribution in [0.25, 0.3) is 0 Å². The summed E-state index contributed by atoms with van der Waals surface area (Å²) < 4.78 is 49.8. The van der Waals surface area contributed by atoms with E-state index in [2.05, 4.69) is 20.6 Å². The van der Waals surface area contributed by atoms with Gasteiger partial charge in [-0.2, -0.15) is 13.2 Å². The monoisotopic (exact) mass is 512 g/mol. The normalized spacial score (nSPS) is 16.2. The van der Waals surface area contributed by atoms with Gasteiger partial charge in [0.2, 0.25) is 0 Å². The Morgan fingerprint density at radius 2 is 1.89 bits per heavy atom. The third-order valence-electron chi connectivity index (χ3n) is 5.04. The molecular weight excluding hydrogens is 489 g/mol. The second kappa shape index (κ2) is 11.4. The lowest BCUT2D eigenvalue weighted by molar-refractivity contribution is -0.137. The van der Waals surface area contributed by atoms with E-state index < -0.39 is 23.4 Å². The molecule has 2 aromatic heterocycles. The lowest BCUT2D eigenvalue weighted by Gasteiger charge is -2.31. The number of amides is 1. The fourth-order valence-electron chi connectivity index (χ4n) is 3.41. The van der Waals surface area contributed by atoms with Gasteiger partial charge < -0.3 is 31.6 Å². The average molecular weight is 513 g/mol. The Morgan fingerprint density at radius 1 is 1.14 bits per heavy atom. The van der Waals surface area contributed by atoms with E-state index in [-0.39, 0.29) is 22.9 Å². The molecule has 1 fully saturated rings. The summed E-state index contributed by atoms with van der Waals surface area (Å²) >= 11 is 5.83. The third kappa shape index (κ3) is 6.41. The molecule has 0 aliphatic carbocycles. The average Bonchev–Trinajstić information content (AvgIpc) is 3.32. The van der Waals surface area contributed by atoms with Crippen molar-refractivity contribution < 1.29 is 27.4 Å². The van der Waals surface area contributed by atoms with Gasteiger partial charge in [-0.05, 0) is 30.7 Å². The van der Waals surface area contributed by atoms with Crippen molar-refractivity contribution in [1.29, 1.82) is 0 Å². The van der Waals surface area contributed by atoms with E-state index in [4.69, 9.17) is 32.5 Å². The van der Waals surface area contributed by atoms with Crippen LogP contribution in [0.3, 0.4) is 0 Å². The number of hydrogen-bond donors (Lipinski definition) is 4. The Hall–Kier alpha value is -3.35. The number of carbonyl (C=O) groups is 1. The minimum absolute atomic E-state index is 0.121. The first-order valence-corrected chi connectivity index (χ1v) is 11.0. The summed E-state index contributed by atoms with van der Waals surface area (Å²) in [6.07, 6.45) is 0.968. The van der Waals surface area contributed by atoms with Gasteiger partial charge in [0.25, 0.3) is 5.91 Å². The van der Waals surface area contributed by atoms with Crippen LogP contribution >= 0.6 is 11.6 Å². The summed E-state index contributed by atoms with van der Waals surface area (Å²) in [7, 11) is 0. The highest BCUT2D eigenvalue weighted by Gasteiger charge is 2.42. The molecule has 1 aliphatic rings. The largest absolute Gasteiger partial charge is 0.417 e. The lowest BCUT2D eigenvalue weighted by Crippen LogP contribution is -2.39. The van der Waals surface area contributed by atoms with Crippen LogP contribution in [-0.2, 0) is 15.7 Å². The van der Waals surface area contributed by atoms with Crippen molar-refractivity contribution in [1.82, 2.24) is 15.3 Å². The van der Waals surface area contributed by atoms with Gasteiger partial charge in [-0.25, -0.2) is 9.97 Å². The molecule has 0 radical (unpaired) electrons. The fraction of sp³-hybridized carbons (Fsp3) is 0.318. The number of nitrogens with zero attached hydrogens (tertiary/aromatic N) is 2. The van der Waals surface area contributed by atoms with Crippen LogP contribution in [0.15, 0.2) is 60.3 Å². The van der Waals surface area contributed by atoms with Crippen LogP contribution in [0.4, 0.5) is 24.8 Å². The predicted molar refractivity (Wildman–Crippen MR) is 123 cm³/mol. The Bertz CT molecular complexity index is 1090. The maximum absolute atomic E-state index is 13.0. The second-order valence-electron chi connectivity index (χ2n) is 7.34. The van der Waals surface area contributed by atoms with Crippen molar-refractivity contribution in [2.75, 3.05) is 24.4 Å². The van der Waals surface area contributed by atoms with Crippen molar-refractivity contribution in [2.24, 2.45) is 11.5 Å². The number of alkyl halides is 4. The number of aromatic nitrogens is 2. The standard InChI is InChI=1S/C22H24ClF3N6O3/c23-6-1-5-21(34-8-9-35-21)16(11-27)17(12-28)31-20(33)14-4-7-29-19(10-14)32-18-3-2-15(13-30-18)22(24,25)26/h2-4,7,10-13H,1,5-6,8-9,27-28H2,(H,31,33)(H,29,30,32)/b16-11+,17-12+. The van der Waals surface area contributed by atoms with Crippen molar-refractivity contribution in [3.05, 3.63) is 71.5 Å². The molecule has 0 atom stereocenters. The van der Waals surface area contributed by atoms with Crippen molar-refractivity contribution in [2.45, 2.75) is 24.8 Å².